The lowest BCUT2D eigenvalue weighted by molar-refractivity contribution is -0.144. The number of aliphatic hydroxyl groups excluding tert-OH is 1. The molecule has 3 N–H and O–H groups in total. The highest BCUT2D eigenvalue weighted by Crippen LogP contribution is 2.28. The van der Waals surface area contributed by atoms with Gasteiger partial charge in [0, 0.05) is 19.5 Å². The van der Waals surface area contributed by atoms with Crippen molar-refractivity contribution in [2.24, 2.45) is 5.41 Å². The van der Waals surface area contributed by atoms with Crippen LogP contribution in [0.2, 0.25) is 0 Å². The second-order valence-corrected chi connectivity index (χ2v) is 13.4. The maximum absolute atomic E-state index is 13.8. The molecule has 3 amide bonds. The maximum Gasteiger partial charge on any atom is 0.246 e. The van der Waals surface area contributed by atoms with E-state index in [1.54, 1.807) is 11.3 Å². The fraction of sp³-hybridized carbons (Fsp3) is 0.600. The molecule has 1 aromatic carbocycles. The number of amides is 3. The Labute approximate surface area is 293 Å². The van der Waals surface area contributed by atoms with Gasteiger partial charge in [0.05, 0.1) is 75.0 Å². The lowest BCUT2D eigenvalue weighted by Crippen LogP contribution is -2.58. The van der Waals surface area contributed by atoms with Gasteiger partial charge in [0.15, 0.2) is 0 Å². The molecule has 3 rings (SSSR count). The quantitative estimate of drug-likeness (QED) is 0.130. The number of carbonyl (C=O) groups is 3. The van der Waals surface area contributed by atoms with Gasteiger partial charge in [0.1, 0.15) is 25.3 Å². The Morgan fingerprint density at radius 3 is 2.14 bits per heavy atom. The summed E-state index contributed by atoms with van der Waals surface area (Å²) >= 11 is 1.57. The van der Waals surface area contributed by atoms with Crippen molar-refractivity contribution in [3.63, 3.8) is 0 Å². The number of aliphatic hydroxyl groups is 1. The fourth-order valence-corrected chi connectivity index (χ4v) is 5.87. The Morgan fingerprint density at radius 1 is 1.00 bits per heavy atom. The molecule has 0 saturated carbocycles. The van der Waals surface area contributed by atoms with Crippen molar-refractivity contribution in [1.29, 1.82) is 0 Å². The molecule has 49 heavy (non-hydrogen) atoms. The number of aromatic nitrogens is 1. The van der Waals surface area contributed by atoms with E-state index in [0.717, 1.165) is 21.7 Å². The summed E-state index contributed by atoms with van der Waals surface area (Å²) in [5.74, 6) is 1.11. The van der Waals surface area contributed by atoms with Gasteiger partial charge in [0.25, 0.3) is 0 Å². The summed E-state index contributed by atoms with van der Waals surface area (Å²) in [6.45, 7) is 10.6. The van der Waals surface area contributed by atoms with Gasteiger partial charge in [-0.15, -0.1) is 17.8 Å². The van der Waals surface area contributed by atoms with Crippen LogP contribution in [0.15, 0.2) is 29.8 Å². The fourth-order valence-electron chi connectivity index (χ4n) is 5.06. The van der Waals surface area contributed by atoms with Gasteiger partial charge in [0.2, 0.25) is 17.7 Å². The first-order valence-corrected chi connectivity index (χ1v) is 17.3. The lowest BCUT2D eigenvalue weighted by atomic mass is 9.85. The number of carbonyl (C=O) groups excluding carboxylic acids is 3. The normalized spacial score (nSPS) is 16.7. The van der Waals surface area contributed by atoms with Gasteiger partial charge in [-0.05, 0) is 23.5 Å². The Morgan fingerprint density at radius 2 is 1.59 bits per heavy atom. The zero-order chi connectivity index (χ0) is 35.6. The molecule has 2 aromatic rings. The number of aryl methyl sites for hydroxylation is 1. The molecule has 0 aliphatic carbocycles. The maximum atomic E-state index is 13.8. The van der Waals surface area contributed by atoms with E-state index in [2.05, 4.69) is 21.5 Å². The van der Waals surface area contributed by atoms with E-state index >= 15 is 0 Å². The molecule has 3 atom stereocenters. The minimum atomic E-state index is -0.945. The van der Waals surface area contributed by atoms with Crippen molar-refractivity contribution in [3.05, 3.63) is 41.0 Å². The Kier molecular flexibility index (Phi) is 17.1. The molecule has 1 fully saturated rings. The topological polar surface area (TPSA) is 158 Å². The molecular formula is C35H50N4O9S. The summed E-state index contributed by atoms with van der Waals surface area (Å²) in [4.78, 5) is 46.6. The molecule has 1 aliphatic heterocycles. The number of benzene rings is 1. The summed E-state index contributed by atoms with van der Waals surface area (Å²) in [6, 6.07) is 6.05. The Bertz CT molecular complexity index is 1360. The third-order valence-electron chi connectivity index (χ3n) is 7.62. The summed E-state index contributed by atoms with van der Waals surface area (Å²) in [6.07, 6.45) is 4.34. The SMILES string of the molecule is C#CCOCCOCCOCCOCCOCC(=O)N[C@H](C(=O)N1C[C@H](O)C[C@H]1C(=O)NCc1ccc(-c2scnc2C)cc1)C(C)(C)C. The molecule has 1 aromatic heterocycles. The predicted molar refractivity (Wildman–Crippen MR) is 185 cm³/mol. The van der Waals surface area contributed by atoms with Crippen LogP contribution in [0.4, 0.5) is 0 Å². The molecule has 14 heteroatoms. The molecule has 0 radical (unpaired) electrons. The largest absolute Gasteiger partial charge is 0.391 e. The second-order valence-electron chi connectivity index (χ2n) is 12.6. The predicted octanol–water partition coefficient (Wildman–Crippen LogP) is 1.94. The number of nitrogens with zero attached hydrogens (tertiary/aromatic N) is 2. The van der Waals surface area contributed by atoms with Crippen molar-refractivity contribution < 1.29 is 43.2 Å². The van der Waals surface area contributed by atoms with Crippen molar-refractivity contribution in [2.45, 2.75) is 58.8 Å². The molecule has 270 valence electrons. The number of rotatable bonds is 21. The number of β-amino-alcohol motifs (C(OH)–C–C–N with tert-alkyl or cyclic N) is 1. The van der Waals surface area contributed by atoms with Crippen LogP contribution in [0.1, 0.15) is 38.4 Å². The van der Waals surface area contributed by atoms with Crippen LogP contribution in [0.5, 0.6) is 0 Å². The monoisotopic (exact) mass is 702 g/mol. The van der Waals surface area contributed by atoms with Crippen LogP contribution in [0.25, 0.3) is 10.4 Å². The molecule has 0 bridgehead atoms. The van der Waals surface area contributed by atoms with Crippen LogP contribution in [-0.2, 0) is 44.6 Å². The smallest absolute Gasteiger partial charge is 0.246 e. The van der Waals surface area contributed by atoms with Gasteiger partial charge in [-0.3, -0.25) is 14.4 Å². The van der Waals surface area contributed by atoms with Crippen LogP contribution in [-0.4, -0.2) is 124 Å². The van der Waals surface area contributed by atoms with E-state index in [0.29, 0.717) is 39.6 Å². The average Bonchev–Trinajstić information content (AvgIpc) is 3.68. The summed E-state index contributed by atoms with van der Waals surface area (Å²) in [5, 5.41) is 16.1. The molecular weight excluding hydrogens is 652 g/mol. The number of hydrogen-bond donors (Lipinski definition) is 3. The number of likely N-dealkylation sites (tertiary alicyclic amines) is 1. The zero-order valence-electron chi connectivity index (χ0n) is 28.9. The number of hydrogen-bond acceptors (Lipinski definition) is 11. The van der Waals surface area contributed by atoms with Crippen LogP contribution >= 0.6 is 11.3 Å². The first-order chi connectivity index (χ1) is 23.5. The van der Waals surface area contributed by atoms with Crippen molar-refractivity contribution in [1.82, 2.24) is 20.5 Å². The summed E-state index contributed by atoms with van der Waals surface area (Å²) < 4.78 is 26.8. The van der Waals surface area contributed by atoms with Crippen LogP contribution < -0.4 is 10.6 Å². The van der Waals surface area contributed by atoms with Gasteiger partial charge >= 0.3 is 0 Å². The van der Waals surface area contributed by atoms with Gasteiger partial charge < -0.3 is 44.3 Å². The highest BCUT2D eigenvalue weighted by atomic mass is 32.1. The van der Waals surface area contributed by atoms with Crippen molar-refractivity contribution >= 4 is 29.1 Å². The summed E-state index contributed by atoms with van der Waals surface area (Å²) in [7, 11) is 0. The standard InChI is InChI=1S/C35H50N4O9S/c1-6-11-44-12-13-45-14-15-46-16-17-47-18-19-48-23-30(41)38-32(35(3,4)5)34(43)39-22-28(40)20-29(39)33(42)36-21-26-7-9-27(10-8-26)31-25(2)37-24-49-31/h1,7-10,24,28-29,32,40H,11-23H2,2-5H3,(H,36,42)(H,38,41)/t28-,29+,32-/m1/s1. The highest BCUT2D eigenvalue weighted by Gasteiger charge is 2.44. The number of nitrogens with one attached hydrogen (secondary N) is 2. The van der Waals surface area contributed by atoms with Crippen molar-refractivity contribution in [3.8, 4) is 22.8 Å². The number of thiazole rings is 1. The Hall–Kier alpha value is -3.42. The van der Waals surface area contributed by atoms with E-state index in [1.807, 2.05) is 57.5 Å². The minimum absolute atomic E-state index is 0.00500. The lowest BCUT2D eigenvalue weighted by Gasteiger charge is -2.35. The first kappa shape index (κ1) is 40.0. The van der Waals surface area contributed by atoms with E-state index in [4.69, 9.17) is 30.1 Å². The highest BCUT2D eigenvalue weighted by molar-refractivity contribution is 7.13. The Balaban J connectivity index is 1.38. The van der Waals surface area contributed by atoms with Gasteiger partial charge in [-0.2, -0.15) is 0 Å². The van der Waals surface area contributed by atoms with Crippen molar-refractivity contribution in [2.75, 3.05) is 72.6 Å². The van der Waals surface area contributed by atoms with Crippen LogP contribution in [0, 0.1) is 24.7 Å². The zero-order valence-corrected chi connectivity index (χ0v) is 29.7. The molecule has 1 saturated heterocycles. The van der Waals surface area contributed by atoms with E-state index in [-0.39, 0.29) is 51.8 Å². The molecule has 1 aliphatic rings. The van der Waals surface area contributed by atoms with E-state index in [9.17, 15) is 19.5 Å². The van der Waals surface area contributed by atoms with E-state index in [1.165, 1.54) is 4.90 Å². The average molecular weight is 703 g/mol. The third-order valence-corrected chi connectivity index (χ3v) is 8.60. The first-order valence-electron chi connectivity index (χ1n) is 16.4. The number of ether oxygens (including phenoxy) is 5. The van der Waals surface area contributed by atoms with Gasteiger partial charge in [-0.25, -0.2) is 4.98 Å². The third kappa shape index (κ3) is 13.8. The minimum Gasteiger partial charge on any atom is -0.391 e. The molecule has 13 nitrogen and oxygen atoms in total. The second kappa shape index (κ2) is 20.9. The summed E-state index contributed by atoms with van der Waals surface area (Å²) in [5.41, 5.74) is 4.05. The number of terminal acetylenes is 1. The van der Waals surface area contributed by atoms with Gasteiger partial charge in [-0.1, -0.05) is 51.0 Å². The molecule has 0 unspecified atom stereocenters. The van der Waals surface area contributed by atoms with Crippen LogP contribution in [0.3, 0.4) is 0 Å². The molecule has 2 heterocycles. The van der Waals surface area contributed by atoms with E-state index < -0.39 is 35.4 Å². The molecule has 0 spiro atoms.